The summed E-state index contributed by atoms with van der Waals surface area (Å²) in [4.78, 5) is 2.47. The smallest absolute Gasteiger partial charge is 0.0594 e. The molecule has 1 unspecified atom stereocenters. The molecule has 4 heteroatoms. The van der Waals surface area contributed by atoms with Crippen LogP contribution in [-0.2, 0) is 17.6 Å². The minimum atomic E-state index is 0.578. The number of benzene rings is 1. The summed E-state index contributed by atoms with van der Waals surface area (Å²) in [6.07, 6.45) is 2.24. The van der Waals surface area contributed by atoms with Crippen molar-refractivity contribution in [3.63, 3.8) is 0 Å². The highest BCUT2D eigenvalue weighted by Crippen LogP contribution is 2.25. The highest BCUT2D eigenvalue weighted by atomic mass is 35.5. The van der Waals surface area contributed by atoms with Crippen LogP contribution in [0.1, 0.15) is 11.1 Å². The van der Waals surface area contributed by atoms with Gasteiger partial charge in [0.05, 0.1) is 13.2 Å². The number of hydrogen-bond donors (Lipinski definition) is 1. The fourth-order valence-electron chi connectivity index (χ4n) is 2.98. The highest BCUT2D eigenvalue weighted by Gasteiger charge is 2.21. The molecule has 1 heterocycles. The summed E-state index contributed by atoms with van der Waals surface area (Å²) >= 11 is 6.04. The van der Waals surface area contributed by atoms with Crippen LogP contribution in [0.25, 0.3) is 0 Å². The molecule has 0 saturated carbocycles. The van der Waals surface area contributed by atoms with E-state index in [4.69, 9.17) is 16.3 Å². The second-order valence-electron chi connectivity index (χ2n) is 5.43. The van der Waals surface area contributed by atoms with Crippen molar-refractivity contribution in [2.24, 2.45) is 0 Å². The number of nitrogens with one attached hydrogen (secondary N) is 1. The Balaban J connectivity index is 1.43. The third-order valence-electron chi connectivity index (χ3n) is 4.07. The van der Waals surface area contributed by atoms with E-state index in [-0.39, 0.29) is 0 Å². The van der Waals surface area contributed by atoms with Gasteiger partial charge < -0.3 is 10.1 Å². The second kappa shape index (κ2) is 6.23. The van der Waals surface area contributed by atoms with Gasteiger partial charge in [-0.25, -0.2) is 0 Å². The van der Waals surface area contributed by atoms with Crippen molar-refractivity contribution in [2.75, 3.05) is 39.4 Å². The highest BCUT2D eigenvalue weighted by molar-refractivity contribution is 6.30. The van der Waals surface area contributed by atoms with Crippen LogP contribution in [0.2, 0.25) is 5.02 Å². The second-order valence-corrected chi connectivity index (χ2v) is 5.86. The molecule has 19 heavy (non-hydrogen) atoms. The number of fused-ring (bicyclic) bond motifs is 1. The lowest BCUT2D eigenvalue weighted by atomic mass is 10.1. The number of hydrogen-bond acceptors (Lipinski definition) is 3. The summed E-state index contributed by atoms with van der Waals surface area (Å²) < 4.78 is 5.36. The molecule has 2 aliphatic rings. The first-order chi connectivity index (χ1) is 9.31. The van der Waals surface area contributed by atoms with Crippen LogP contribution in [0, 0.1) is 0 Å². The zero-order valence-corrected chi connectivity index (χ0v) is 12.0. The topological polar surface area (TPSA) is 24.5 Å². The molecule has 0 radical (unpaired) electrons. The van der Waals surface area contributed by atoms with Crippen LogP contribution >= 0.6 is 11.6 Å². The lowest BCUT2D eigenvalue weighted by Crippen LogP contribution is -2.42. The molecule has 1 fully saturated rings. The summed E-state index contributed by atoms with van der Waals surface area (Å²) in [6, 6.07) is 6.85. The fraction of sp³-hybridized carbons (Fsp3) is 0.600. The normalized spacial score (nSPS) is 23.5. The zero-order chi connectivity index (χ0) is 13.1. The van der Waals surface area contributed by atoms with Gasteiger partial charge in [0.15, 0.2) is 0 Å². The Morgan fingerprint density at radius 1 is 1.21 bits per heavy atom. The Morgan fingerprint density at radius 3 is 2.84 bits per heavy atom. The van der Waals surface area contributed by atoms with Crippen molar-refractivity contribution in [1.29, 1.82) is 0 Å². The van der Waals surface area contributed by atoms with Gasteiger partial charge in [0.25, 0.3) is 0 Å². The van der Waals surface area contributed by atoms with Gasteiger partial charge in [-0.3, -0.25) is 4.90 Å². The van der Waals surface area contributed by atoms with Crippen molar-refractivity contribution in [3.05, 3.63) is 34.3 Å². The lowest BCUT2D eigenvalue weighted by molar-refractivity contribution is 0.0381. The molecular weight excluding hydrogens is 260 g/mol. The number of nitrogens with zero attached hydrogens (tertiary/aromatic N) is 1. The van der Waals surface area contributed by atoms with Gasteiger partial charge in [-0.05, 0) is 36.1 Å². The molecule has 1 atom stereocenters. The lowest BCUT2D eigenvalue weighted by Gasteiger charge is -2.27. The maximum atomic E-state index is 6.04. The van der Waals surface area contributed by atoms with Gasteiger partial charge in [-0.1, -0.05) is 17.7 Å². The van der Waals surface area contributed by atoms with E-state index >= 15 is 0 Å². The van der Waals surface area contributed by atoms with Gasteiger partial charge in [0.2, 0.25) is 0 Å². The number of morpholine rings is 1. The molecule has 104 valence electrons. The van der Waals surface area contributed by atoms with Crippen molar-refractivity contribution in [3.8, 4) is 0 Å². The van der Waals surface area contributed by atoms with Gasteiger partial charge >= 0.3 is 0 Å². The van der Waals surface area contributed by atoms with Crippen LogP contribution in [0.5, 0.6) is 0 Å². The monoisotopic (exact) mass is 280 g/mol. The van der Waals surface area contributed by atoms with E-state index in [1.807, 2.05) is 6.07 Å². The minimum Gasteiger partial charge on any atom is -0.379 e. The Labute approximate surface area is 119 Å². The predicted octanol–water partition coefficient (Wildman–Crippen LogP) is 1.73. The Bertz CT molecular complexity index is 432. The number of ether oxygens (including phenoxy) is 1. The van der Waals surface area contributed by atoms with E-state index < -0.39 is 0 Å². The number of rotatable bonds is 4. The van der Waals surface area contributed by atoms with E-state index in [2.05, 4.69) is 22.3 Å². The average molecular weight is 281 g/mol. The molecule has 3 nitrogen and oxygen atoms in total. The molecule has 3 rings (SSSR count). The maximum absolute atomic E-state index is 6.04. The first-order valence-corrected chi connectivity index (χ1v) is 7.50. The third-order valence-corrected chi connectivity index (χ3v) is 4.30. The third kappa shape index (κ3) is 3.48. The van der Waals surface area contributed by atoms with Crippen LogP contribution in [0.15, 0.2) is 18.2 Å². The summed E-state index contributed by atoms with van der Waals surface area (Å²) in [5.41, 5.74) is 2.87. The van der Waals surface area contributed by atoms with Crippen LogP contribution < -0.4 is 5.32 Å². The van der Waals surface area contributed by atoms with Gasteiger partial charge in [-0.15, -0.1) is 0 Å². The molecule has 0 amide bonds. The molecule has 1 saturated heterocycles. The standard InChI is InChI=1S/C15H21ClN2O/c16-14-2-1-12-10-15(11-13(12)9-14)17-3-4-18-5-7-19-8-6-18/h1-2,9,15,17H,3-8,10-11H2. The van der Waals surface area contributed by atoms with Crippen molar-refractivity contribution < 1.29 is 4.74 Å². The van der Waals surface area contributed by atoms with Crippen LogP contribution in [0.4, 0.5) is 0 Å². The molecule has 0 bridgehead atoms. The molecule has 1 N–H and O–H groups in total. The first-order valence-electron chi connectivity index (χ1n) is 7.12. The quantitative estimate of drug-likeness (QED) is 0.909. The minimum absolute atomic E-state index is 0.578. The molecular formula is C15H21ClN2O. The SMILES string of the molecule is Clc1ccc2c(c1)CC(NCCN1CCOCC1)C2. The Kier molecular flexibility index (Phi) is 4.38. The number of halogens is 1. The molecule has 0 aromatic heterocycles. The van der Waals surface area contributed by atoms with E-state index in [9.17, 15) is 0 Å². The summed E-state index contributed by atoms with van der Waals surface area (Å²) in [7, 11) is 0. The van der Waals surface area contributed by atoms with E-state index in [0.717, 1.165) is 57.3 Å². The average Bonchev–Trinajstić information content (AvgIpc) is 2.82. The predicted molar refractivity (Wildman–Crippen MR) is 77.9 cm³/mol. The molecule has 1 aliphatic heterocycles. The largest absolute Gasteiger partial charge is 0.379 e. The molecule has 1 aromatic carbocycles. The van der Waals surface area contributed by atoms with Crippen LogP contribution in [-0.4, -0.2) is 50.3 Å². The Morgan fingerprint density at radius 2 is 2.00 bits per heavy atom. The van der Waals surface area contributed by atoms with Crippen molar-refractivity contribution >= 4 is 11.6 Å². The van der Waals surface area contributed by atoms with Gasteiger partial charge in [-0.2, -0.15) is 0 Å². The fourth-order valence-corrected chi connectivity index (χ4v) is 3.18. The maximum Gasteiger partial charge on any atom is 0.0594 e. The van der Waals surface area contributed by atoms with Gasteiger partial charge in [0, 0.05) is 37.2 Å². The summed E-state index contributed by atoms with van der Waals surface area (Å²) in [6.45, 7) is 6.09. The summed E-state index contributed by atoms with van der Waals surface area (Å²) in [5, 5.41) is 4.52. The zero-order valence-electron chi connectivity index (χ0n) is 11.2. The van der Waals surface area contributed by atoms with Crippen molar-refractivity contribution in [1.82, 2.24) is 10.2 Å². The summed E-state index contributed by atoms with van der Waals surface area (Å²) in [5.74, 6) is 0. The van der Waals surface area contributed by atoms with Gasteiger partial charge in [0.1, 0.15) is 0 Å². The van der Waals surface area contributed by atoms with Crippen LogP contribution in [0.3, 0.4) is 0 Å². The molecule has 1 aromatic rings. The van der Waals surface area contributed by atoms with E-state index in [1.165, 1.54) is 11.1 Å². The van der Waals surface area contributed by atoms with E-state index in [1.54, 1.807) is 0 Å². The van der Waals surface area contributed by atoms with E-state index in [0.29, 0.717) is 6.04 Å². The van der Waals surface area contributed by atoms with Crippen molar-refractivity contribution in [2.45, 2.75) is 18.9 Å². The first kappa shape index (κ1) is 13.4. The molecule has 0 spiro atoms. The Hall–Kier alpha value is -0.610. The molecule has 1 aliphatic carbocycles.